The van der Waals surface area contributed by atoms with E-state index >= 15 is 0 Å². The standard InChI is InChI=1S/C13H16ClNO2/c14-11-3-1-10(2-4-11)13(8-17-9-13)12-7-16-6-5-15-12/h1-4,12,15H,5-9H2. The van der Waals surface area contributed by atoms with Gasteiger partial charge in [0.05, 0.1) is 31.8 Å². The fourth-order valence-electron chi connectivity index (χ4n) is 2.59. The summed E-state index contributed by atoms with van der Waals surface area (Å²) >= 11 is 5.94. The molecule has 0 aliphatic carbocycles. The first-order valence-electron chi connectivity index (χ1n) is 5.96. The van der Waals surface area contributed by atoms with Crippen LogP contribution in [0.1, 0.15) is 5.56 Å². The predicted octanol–water partition coefficient (Wildman–Crippen LogP) is 1.60. The summed E-state index contributed by atoms with van der Waals surface area (Å²) in [7, 11) is 0. The summed E-state index contributed by atoms with van der Waals surface area (Å²) in [6, 6.07) is 8.43. The van der Waals surface area contributed by atoms with Gasteiger partial charge in [-0.05, 0) is 17.7 Å². The summed E-state index contributed by atoms with van der Waals surface area (Å²) in [5.74, 6) is 0. The molecule has 17 heavy (non-hydrogen) atoms. The predicted molar refractivity (Wildman–Crippen MR) is 66.6 cm³/mol. The summed E-state index contributed by atoms with van der Waals surface area (Å²) < 4.78 is 11.0. The van der Waals surface area contributed by atoms with Crippen molar-refractivity contribution >= 4 is 11.6 Å². The van der Waals surface area contributed by atoms with Gasteiger partial charge >= 0.3 is 0 Å². The molecule has 2 heterocycles. The van der Waals surface area contributed by atoms with Crippen LogP contribution in [0.3, 0.4) is 0 Å². The molecular weight excluding hydrogens is 238 g/mol. The largest absolute Gasteiger partial charge is 0.379 e. The van der Waals surface area contributed by atoms with E-state index in [-0.39, 0.29) is 5.41 Å². The van der Waals surface area contributed by atoms with Crippen LogP contribution in [0.15, 0.2) is 24.3 Å². The molecule has 1 aromatic carbocycles. The highest BCUT2D eigenvalue weighted by Crippen LogP contribution is 2.37. The SMILES string of the molecule is Clc1ccc(C2(C3COCCN3)COC2)cc1. The Morgan fingerprint density at radius 3 is 2.47 bits per heavy atom. The second-order valence-electron chi connectivity index (χ2n) is 4.74. The lowest BCUT2D eigenvalue weighted by atomic mass is 9.72. The van der Waals surface area contributed by atoms with Gasteiger partial charge in [0.25, 0.3) is 0 Å². The molecule has 0 bridgehead atoms. The topological polar surface area (TPSA) is 30.5 Å². The molecule has 2 fully saturated rings. The Balaban J connectivity index is 1.87. The van der Waals surface area contributed by atoms with Crippen LogP contribution in [-0.4, -0.2) is 39.0 Å². The van der Waals surface area contributed by atoms with Gasteiger partial charge in [0.15, 0.2) is 0 Å². The van der Waals surface area contributed by atoms with E-state index in [1.54, 1.807) is 0 Å². The summed E-state index contributed by atoms with van der Waals surface area (Å²) in [6.07, 6.45) is 0. The van der Waals surface area contributed by atoms with E-state index in [0.717, 1.165) is 38.0 Å². The van der Waals surface area contributed by atoms with Crippen LogP contribution in [0.5, 0.6) is 0 Å². The van der Waals surface area contributed by atoms with Crippen molar-refractivity contribution in [3.8, 4) is 0 Å². The van der Waals surface area contributed by atoms with Gasteiger partial charge < -0.3 is 14.8 Å². The molecule has 3 rings (SSSR count). The molecule has 0 amide bonds. The second-order valence-corrected chi connectivity index (χ2v) is 5.17. The van der Waals surface area contributed by atoms with Gasteiger partial charge in [-0.2, -0.15) is 0 Å². The molecule has 0 aromatic heterocycles. The van der Waals surface area contributed by atoms with Gasteiger partial charge in [-0.1, -0.05) is 23.7 Å². The molecule has 1 N–H and O–H groups in total. The summed E-state index contributed by atoms with van der Waals surface area (Å²) in [4.78, 5) is 0. The molecule has 2 aliphatic heterocycles. The molecular formula is C13H16ClNO2. The third-order valence-electron chi connectivity index (χ3n) is 3.73. The maximum absolute atomic E-state index is 5.94. The number of benzene rings is 1. The Bertz CT molecular complexity index is 383. The number of ether oxygens (including phenoxy) is 2. The van der Waals surface area contributed by atoms with E-state index in [1.165, 1.54) is 5.56 Å². The van der Waals surface area contributed by atoms with Gasteiger partial charge in [-0.3, -0.25) is 0 Å². The molecule has 2 saturated heterocycles. The minimum absolute atomic E-state index is 0.0605. The molecule has 3 nitrogen and oxygen atoms in total. The Hall–Kier alpha value is -0.610. The van der Waals surface area contributed by atoms with E-state index in [4.69, 9.17) is 21.1 Å². The Morgan fingerprint density at radius 1 is 1.18 bits per heavy atom. The summed E-state index contributed by atoms with van der Waals surface area (Å²) in [6.45, 7) is 3.99. The molecule has 0 saturated carbocycles. The first-order valence-corrected chi connectivity index (χ1v) is 6.34. The van der Waals surface area contributed by atoms with Gasteiger partial charge in [-0.15, -0.1) is 0 Å². The minimum atomic E-state index is 0.0605. The maximum Gasteiger partial charge on any atom is 0.0630 e. The van der Waals surface area contributed by atoms with E-state index in [0.29, 0.717) is 6.04 Å². The highest BCUT2D eigenvalue weighted by atomic mass is 35.5. The van der Waals surface area contributed by atoms with Crippen LogP contribution >= 0.6 is 11.6 Å². The number of morpholine rings is 1. The van der Waals surface area contributed by atoms with Crippen molar-refractivity contribution in [1.29, 1.82) is 0 Å². The van der Waals surface area contributed by atoms with E-state index < -0.39 is 0 Å². The molecule has 2 aliphatic rings. The number of nitrogens with one attached hydrogen (secondary N) is 1. The van der Waals surface area contributed by atoms with Crippen molar-refractivity contribution in [3.63, 3.8) is 0 Å². The molecule has 1 aromatic rings. The summed E-state index contributed by atoms with van der Waals surface area (Å²) in [5, 5.41) is 4.31. The molecule has 1 atom stereocenters. The lowest BCUT2D eigenvalue weighted by Crippen LogP contribution is -2.63. The van der Waals surface area contributed by atoms with Crippen molar-refractivity contribution in [2.45, 2.75) is 11.5 Å². The molecule has 92 valence electrons. The fraction of sp³-hybridized carbons (Fsp3) is 0.538. The van der Waals surface area contributed by atoms with Crippen molar-refractivity contribution in [1.82, 2.24) is 5.32 Å². The smallest absolute Gasteiger partial charge is 0.0630 e. The zero-order chi connectivity index (χ0) is 11.7. The van der Waals surface area contributed by atoms with Crippen molar-refractivity contribution < 1.29 is 9.47 Å². The van der Waals surface area contributed by atoms with Crippen LogP contribution < -0.4 is 5.32 Å². The van der Waals surface area contributed by atoms with Crippen LogP contribution in [0.2, 0.25) is 5.02 Å². The van der Waals surface area contributed by atoms with Crippen LogP contribution in [0, 0.1) is 0 Å². The fourth-order valence-corrected chi connectivity index (χ4v) is 2.72. The normalized spacial score (nSPS) is 27.5. The minimum Gasteiger partial charge on any atom is -0.379 e. The molecule has 4 heteroatoms. The monoisotopic (exact) mass is 253 g/mol. The van der Waals surface area contributed by atoms with Crippen molar-refractivity contribution in [2.24, 2.45) is 0 Å². The van der Waals surface area contributed by atoms with Crippen LogP contribution in [-0.2, 0) is 14.9 Å². The lowest BCUT2D eigenvalue weighted by Gasteiger charge is -2.49. The zero-order valence-corrected chi connectivity index (χ0v) is 10.4. The van der Waals surface area contributed by atoms with Gasteiger partial charge in [0.1, 0.15) is 0 Å². The van der Waals surface area contributed by atoms with E-state index in [2.05, 4.69) is 17.4 Å². The van der Waals surface area contributed by atoms with Crippen molar-refractivity contribution in [2.75, 3.05) is 33.0 Å². The average Bonchev–Trinajstić information content (AvgIpc) is 2.32. The first-order chi connectivity index (χ1) is 8.31. The number of hydrogen-bond donors (Lipinski definition) is 1. The zero-order valence-electron chi connectivity index (χ0n) is 9.62. The highest BCUT2D eigenvalue weighted by molar-refractivity contribution is 6.30. The lowest BCUT2D eigenvalue weighted by molar-refractivity contribution is -0.101. The summed E-state index contributed by atoms with van der Waals surface area (Å²) in [5.41, 5.74) is 1.35. The Labute approximate surface area is 106 Å². The quantitative estimate of drug-likeness (QED) is 0.869. The van der Waals surface area contributed by atoms with Crippen molar-refractivity contribution in [3.05, 3.63) is 34.9 Å². The Kier molecular flexibility index (Phi) is 3.09. The number of rotatable bonds is 2. The molecule has 0 spiro atoms. The Morgan fingerprint density at radius 2 is 1.94 bits per heavy atom. The highest BCUT2D eigenvalue weighted by Gasteiger charge is 2.47. The number of hydrogen-bond acceptors (Lipinski definition) is 3. The van der Waals surface area contributed by atoms with Crippen LogP contribution in [0.4, 0.5) is 0 Å². The average molecular weight is 254 g/mol. The third-order valence-corrected chi connectivity index (χ3v) is 3.98. The van der Waals surface area contributed by atoms with Crippen LogP contribution in [0.25, 0.3) is 0 Å². The molecule has 1 unspecified atom stereocenters. The maximum atomic E-state index is 5.94. The first kappa shape index (κ1) is 11.5. The second kappa shape index (κ2) is 4.58. The molecule has 0 radical (unpaired) electrons. The van der Waals surface area contributed by atoms with Gasteiger partial charge in [-0.25, -0.2) is 0 Å². The van der Waals surface area contributed by atoms with Gasteiger partial charge in [0, 0.05) is 17.6 Å². The van der Waals surface area contributed by atoms with Gasteiger partial charge in [0.2, 0.25) is 0 Å². The number of halogens is 1. The van der Waals surface area contributed by atoms with E-state index in [1.807, 2.05) is 12.1 Å². The van der Waals surface area contributed by atoms with E-state index in [9.17, 15) is 0 Å². The third kappa shape index (κ3) is 1.97.